The third-order valence-electron chi connectivity index (χ3n) is 9.16. The van der Waals surface area contributed by atoms with E-state index in [-0.39, 0.29) is 11.4 Å². The fraction of sp³-hybridized carbons (Fsp3) is 0.220. The molecule has 55 heavy (non-hydrogen) atoms. The van der Waals surface area contributed by atoms with Crippen molar-refractivity contribution in [1.82, 2.24) is 0 Å². The number of rotatable bonds is 11. The number of anilines is 2. The second-order valence-electron chi connectivity index (χ2n) is 13.4. The first kappa shape index (κ1) is 38.5. The Bertz CT molecular complexity index is 2560. The van der Waals surface area contributed by atoms with E-state index >= 15 is 0 Å². The van der Waals surface area contributed by atoms with Gasteiger partial charge in [-0.1, -0.05) is 13.0 Å². The van der Waals surface area contributed by atoms with E-state index < -0.39 is 26.5 Å². The van der Waals surface area contributed by atoms with Crippen LogP contribution in [0.1, 0.15) is 37.0 Å². The number of benzene rings is 5. The molecular formula is C41H41N7O6S. The topological polar surface area (TPSA) is 179 Å². The standard InChI is InChI=1S/C41H41N7O6S/c1-23-8-15-33(24(2)16-23)43-44-34-17-26(4)35(18-25(34)3)45-46-36-22-38(54-7)37(19-27(36)5)47-48-40-39(55(50,51)52)21-28-20-30(11-14-32(28)41(40)49)42-29-9-12-31(53-6)13-10-29/h8-15,17-23,42,49H,16H2,1-7H3,(H,50,51,52). The summed E-state index contributed by atoms with van der Waals surface area (Å²) in [4.78, 5) is -0.616. The summed E-state index contributed by atoms with van der Waals surface area (Å²) in [6.45, 7) is 9.93. The highest BCUT2D eigenvalue weighted by Crippen LogP contribution is 2.44. The molecule has 0 amide bonds. The maximum Gasteiger partial charge on any atom is 0.296 e. The minimum Gasteiger partial charge on any atom is -0.505 e. The van der Waals surface area contributed by atoms with E-state index in [9.17, 15) is 18.1 Å². The van der Waals surface area contributed by atoms with Crippen molar-refractivity contribution in [3.63, 3.8) is 0 Å². The summed E-state index contributed by atoms with van der Waals surface area (Å²) >= 11 is 0. The van der Waals surface area contributed by atoms with Crippen LogP contribution in [0.15, 0.2) is 132 Å². The molecule has 5 aromatic rings. The second-order valence-corrected chi connectivity index (χ2v) is 14.8. The number of nitrogens with zero attached hydrogens (tertiary/aromatic N) is 6. The molecule has 0 aromatic heterocycles. The summed E-state index contributed by atoms with van der Waals surface area (Å²) in [6, 6.07) is 20.6. The van der Waals surface area contributed by atoms with E-state index in [1.54, 1.807) is 56.5 Å². The van der Waals surface area contributed by atoms with Crippen LogP contribution < -0.4 is 14.8 Å². The van der Waals surface area contributed by atoms with Gasteiger partial charge in [0, 0.05) is 22.8 Å². The van der Waals surface area contributed by atoms with Gasteiger partial charge in [0.05, 0.1) is 37.0 Å². The van der Waals surface area contributed by atoms with Crippen molar-refractivity contribution in [3.8, 4) is 17.2 Å². The van der Waals surface area contributed by atoms with Crippen LogP contribution in [0, 0.1) is 26.7 Å². The Labute approximate surface area is 319 Å². The number of ether oxygens (including phenoxy) is 2. The number of fused-ring (bicyclic) bond motifs is 1. The maximum absolute atomic E-state index is 12.5. The molecule has 0 spiro atoms. The van der Waals surface area contributed by atoms with Gasteiger partial charge in [0.1, 0.15) is 27.8 Å². The molecule has 0 aliphatic heterocycles. The lowest BCUT2D eigenvalue weighted by molar-refractivity contribution is 0.415. The minimum atomic E-state index is -4.84. The normalized spacial score (nSPS) is 14.9. The van der Waals surface area contributed by atoms with Crippen LogP contribution in [0.25, 0.3) is 10.8 Å². The number of azo groups is 3. The summed E-state index contributed by atoms with van der Waals surface area (Å²) in [7, 11) is -1.82. The van der Waals surface area contributed by atoms with Gasteiger partial charge in [-0.05, 0) is 140 Å². The van der Waals surface area contributed by atoms with Crippen molar-refractivity contribution in [2.45, 2.75) is 45.9 Å². The number of methoxy groups -OCH3 is 2. The largest absolute Gasteiger partial charge is 0.505 e. The van der Waals surface area contributed by atoms with Crippen LogP contribution in [0.2, 0.25) is 0 Å². The highest BCUT2D eigenvalue weighted by atomic mass is 32.2. The molecule has 0 fully saturated rings. The molecule has 1 unspecified atom stereocenters. The summed E-state index contributed by atoms with van der Waals surface area (Å²) in [5.74, 6) is 0.983. The first-order chi connectivity index (χ1) is 26.2. The number of aryl methyl sites for hydroxylation is 3. The molecular weight excluding hydrogens is 719 g/mol. The summed E-state index contributed by atoms with van der Waals surface area (Å²) in [6.07, 6.45) is 5.12. The molecule has 3 N–H and O–H groups in total. The monoisotopic (exact) mass is 759 g/mol. The van der Waals surface area contributed by atoms with Gasteiger partial charge >= 0.3 is 0 Å². The fourth-order valence-electron chi connectivity index (χ4n) is 6.07. The molecule has 0 saturated heterocycles. The minimum absolute atomic E-state index is 0.230. The van der Waals surface area contributed by atoms with Crippen molar-refractivity contribution < 1.29 is 27.6 Å². The summed E-state index contributed by atoms with van der Waals surface area (Å²) in [5.41, 5.74) is 7.61. The molecule has 5 aromatic carbocycles. The molecule has 13 nitrogen and oxygen atoms in total. The van der Waals surface area contributed by atoms with Crippen LogP contribution in [0.4, 0.5) is 39.8 Å². The van der Waals surface area contributed by atoms with Gasteiger partial charge in [-0.3, -0.25) is 4.55 Å². The zero-order chi connectivity index (χ0) is 39.4. The Hall–Kier alpha value is -6.25. The maximum atomic E-state index is 12.5. The van der Waals surface area contributed by atoms with Crippen LogP contribution in [0.5, 0.6) is 17.2 Å². The van der Waals surface area contributed by atoms with Crippen molar-refractivity contribution in [2.24, 2.45) is 36.6 Å². The quantitative estimate of drug-likeness (QED) is 0.0885. The average molecular weight is 760 g/mol. The lowest BCUT2D eigenvalue weighted by Gasteiger charge is -2.13. The molecule has 1 atom stereocenters. The first-order valence-corrected chi connectivity index (χ1v) is 18.8. The summed E-state index contributed by atoms with van der Waals surface area (Å²) in [5, 5.41) is 41.4. The Morgan fingerprint density at radius 1 is 0.709 bits per heavy atom. The highest BCUT2D eigenvalue weighted by molar-refractivity contribution is 7.86. The van der Waals surface area contributed by atoms with Gasteiger partial charge in [-0.2, -0.15) is 28.9 Å². The molecule has 1 aliphatic rings. The van der Waals surface area contributed by atoms with Gasteiger partial charge in [0.2, 0.25) is 0 Å². The van der Waals surface area contributed by atoms with Crippen molar-refractivity contribution >= 4 is 60.7 Å². The highest BCUT2D eigenvalue weighted by Gasteiger charge is 2.23. The third kappa shape index (κ3) is 8.77. The molecule has 0 bridgehead atoms. The van der Waals surface area contributed by atoms with Gasteiger partial charge < -0.3 is 19.9 Å². The van der Waals surface area contributed by atoms with Crippen LogP contribution in [-0.4, -0.2) is 32.3 Å². The number of hydrogen-bond acceptors (Lipinski definition) is 12. The van der Waals surface area contributed by atoms with Crippen molar-refractivity contribution in [3.05, 3.63) is 113 Å². The van der Waals surface area contributed by atoms with Crippen molar-refractivity contribution in [2.75, 3.05) is 19.5 Å². The molecule has 0 heterocycles. The van der Waals surface area contributed by atoms with Gasteiger partial charge in [0.15, 0.2) is 5.75 Å². The van der Waals surface area contributed by atoms with Gasteiger partial charge in [-0.25, -0.2) is 0 Å². The van der Waals surface area contributed by atoms with E-state index in [0.717, 1.165) is 34.6 Å². The van der Waals surface area contributed by atoms with Crippen molar-refractivity contribution in [1.29, 1.82) is 0 Å². The van der Waals surface area contributed by atoms with Crippen LogP contribution >= 0.6 is 0 Å². The zero-order valence-electron chi connectivity index (χ0n) is 31.5. The Kier molecular flexibility index (Phi) is 11.2. The number of phenolic OH excluding ortho intramolecular Hbond substituents is 1. The van der Waals surface area contributed by atoms with E-state index in [1.807, 2.05) is 44.2 Å². The van der Waals surface area contributed by atoms with Gasteiger partial charge in [-0.15, -0.1) is 10.2 Å². The number of phenols is 1. The SMILES string of the molecule is COc1ccc(Nc2ccc3c(O)c(N=Nc4cc(C)c(N=Nc5cc(C)c(N=NC6=C(C)CC(C)C=C6)cc5C)cc4OC)c(S(=O)(=O)O)cc3c2)cc1. The van der Waals surface area contributed by atoms with E-state index in [2.05, 4.69) is 55.9 Å². The molecule has 6 rings (SSSR count). The number of allylic oxidation sites excluding steroid dienone is 3. The van der Waals surface area contributed by atoms with Gasteiger partial charge in [0.25, 0.3) is 10.1 Å². The van der Waals surface area contributed by atoms with Crippen LogP contribution in [0.3, 0.4) is 0 Å². The van der Waals surface area contributed by atoms with Crippen LogP contribution in [-0.2, 0) is 10.1 Å². The first-order valence-electron chi connectivity index (χ1n) is 17.4. The lowest BCUT2D eigenvalue weighted by atomic mass is 9.95. The third-order valence-corrected chi connectivity index (χ3v) is 10.0. The second kappa shape index (κ2) is 16.0. The number of nitrogens with one attached hydrogen (secondary N) is 1. The Morgan fingerprint density at radius 3 is 1.89 bits per heavy atom. The molecule has 1 aliphatic carbocycles. The number of aromatic hydroxyl groups is 1. The predicted molar refractivity (Wildman–Crippen MR) is 214 cm³/mol. The lowest BCUT2D eigenvalue weighted by Crippen LogP contribution is -1.99. The van der Waals surface area contributed by atoms with E-state index in [4.69, 9.17) is 9.47 Å². The molecule has 0 saturated carbocycles. The fourth-order valence-corrected chi connectivity index (χ4v) is 6.73. The molecule has 0 radical (unpaired) electrons. The Balaban J connectivity index is 1.26. The Morgan fingerprint density at radius 2 is 1.29 bits per heavy atom. The average Bonchev–Trinajstić information content (AvgIpc) is 3.15. The summed E-state index contributed by atoms with van der Waals surface area (Å²) < 4.78 is 46.0. The van der Waals surface area contributed by atoms with E-state index in [1.165, 1.54) is 18.7 Å². The molecule has 282 valence electrons. The number of hydrogen-bond donors (Lipinski definition) is 3. The van der Waals surface area contributed by atoms with E-state index in [0.29, 0.717) is 45.1 Å². The zero-order valence-corrected chi connectivity index (χ0v) is 32.3. The molecule has 14 heteroatoms. The smallest absolute Gasteiger partial charge is 0.296 e. The predicted octanol–water partition coefficient (Wildman–Crippen LogP) is 12.3.